The fourth-order valence-electron chi connectivity index (χ4n) is 3.37. The van der Waals surface area contributed by atoms with Crippen LogP contribution in [0.25, 0.3) is 0 Å². The van der Waals surface area contributed by atoms with Crippen molar-refractivity contribution in [2.24, 2.45) is 0 Å². The average Bonchev–Trinajstić information content (AvgIpc) is 2.75. The summed E-state index contributed by atoms with van der Waals surface area (Å²) in [6, 6.07) is 8.73. The zero-order chi connectivity index (χ0) is 13.8. The van der Waals surface area contributed by atoms with Crippen LogP contribution in [0.4, 0.5) is 0 Å². The predicted octanol–water partition coefficient (Wildman–Crippen LogP) is 2.96. The van der Waals surface area contributed by atoms with Gasteiger partial charge in [-0.3, -0.25) is 4.79 Å². The first kappa shape index (κ1) is 16.3. The fourth-order valence-corrected chi connectivity index (χ4v) is 3.37. The average molecular weight is 309 g/mol. The summed E-state index contributed by atoms with van der Waals surface area (Å²) >= 11 is 0. The molecule has 1 fully saturated rings. The van der Waals surface area contributed by atoms with E-state index < -0.39 is 0 Å². The van der Waals surface area contributed by atoms with Crippen molar-refractivity contribution < 1.29 is 4.79 Å². The van der Waals surface area contributed by atoms with Gasteiger partial charge in [0, 0.05) is 12.6 Å². The molecule has 1 aliphatic heterocycles. The standard InChI is InChI=1S/C17H24N2O.ClH/c20-17(19-15-9-3-1-2-4-10-15)16-11-13-7-5-6-8-14(13)12-18-16;/h5-8,15-16,18H,1-4,9-12H2,(H,19,20);1H. The molecule has 0 saturated heterocycles. The van der Waals surface area contributed by atoms with Crippen molar-refractivity contribution in [2.45, 2.75) is 63.6 Å². The minimum Gasteiger partial charge on any atom is -0.352 e. The first-order valence-corrected chi connectivity index (χ1v) is 7.93. The molecule has 2 N–H and O–H groups in total. The Kier molecular flexibility index (Phi) is 6.07. The maximum Gasteiger partial charge on any atom is 0.237 e. The molecule has 3 nitrogen and oxygen atoms in total. The van der Waals surface area contributed by atoms with Gasteiger partial charge in [-0.25, -0.2) is 0 Å². The molecule has 1 unspecified atom stereocenters. The van der Waals surface area contributed by atoms with Crippen LogP contribution in [0.5, 0.6) is 0 Å². The minimum atomic E-state index is -0.0619. The van der Waals surface area contributed by atoms with Gasteiger partial charge in [-0.1, -0.05) is 49.9 Å². The number of halogens is 1. The minimum absolute atomic E-state index is 0. The van der Waals surface area contributed by atoms with Crippen molar-refractivity contribution in [1.29, 1.82) is 0 Å². The van der Waals surface area contributed by atoms with Crippen LogP contribution in [0, 0.1) is 0 Å². The van der Waals surface area contributed by atoms with Crippen LogP contribution < -0.4 is 10.6 Å². The largest absolute Gasteiger partial charge is 0.352 e. The van der Waals surface area contributed by atoms with Crippen LogP contribution in [0.15, 0.2) is 24.3 Å². The van der Waals surface area contributed by atoms with Gasteiger partial charge in [0.05, 0.1) is 6.04 Å². The van der Waals surface area contributed by atoms with Crippen molar-refractivity contribution in [3.8, 4) is 0 Å². The maximum atomic E-state index is 12.4. The highest BCUT2D eigenvalue weighted by molar-refractivity contribution is 5.85. The second-order valence-electron chi connectivity index (χ2n) is 6.10. The quantitative estimate of drug-likeness (QED) is 0.825. The summed E-state index contributed by atoms with van der Waals surface area (Å²) in [5, 5.41) is 6.63. The lowest BCUT2D eigenvalue weighted by Crippen LogP contribution is -2.50. The Balaban J connectivity index is 0.00000161. The second-order valence-corrected chi connectivity index (χ2v) is 6.10. The van der Waals surface area contributed by atoms with Gasteiger partial charge in [0.25, 0.3) is 0 Å². The Morgan fingerprint density at radius 1 is 1.05 bits per heavy atom. The monoisotopic (exact) mass is 308 g/mol. The highest BCUT2D eigenvalue weighted by atomic mass is 35.5. The molecule has 0 aromatic heterocycles. The number of nitrogens with one attached hydrogen (secondary N) is 2. The second kappa shape index (κ2) is 7.81. The molecule has 1 atom stereocenters. The van der Waals surface area contributed by atoms with Crippen LogP contribution in [-0.2, 0) is 17.8 Å². The molecule has 1 aromatic carbocycles. The van der Waals surface area contributed by atoms with E-state index >= 15 is 0 Å². The zero-order valence-electron chi connectivity index (χ0n) is 12.4. The molecule has 1 heterocycles. The van der Waals surface area contributed by atoms with Gasteiger partial charge in [0.15, 0.2) is 0 Å². The lowest BCUT2D eigenvalue weighted by atomic mass is 9.95. The van der Waals surface area contributed by atoms with Gasteiger partial charge < -0.3 is 10.6 Å². The first-order valence-electron chi connectivity index (χ1n) is 7.93. The van der Waals surface area contributed by atoms with Crippen LogP contribution >= 0.6 is 12.4 Å². The number of hydrogen-bond acceptors (Lipinski definition) is 2. The number of amides is 1. The molecule has 0 spiro atoms. The normalized spacial score (nSPS) is 22.6. The fraction of sp³-hybridized carbons (Fsp3) is 0.588. The third-order valence-corrected chi connectivity index (χ3v) is 4.60. The van der Waals surface area contributed by atoms with Gasteiger partial charge >= 0.3 is 0 Å². The topological polar surface area (TPSA) is 41.1 Å². The molecule has 21 heavy (non-hydrogen) atoms. The highest BCUT2D eigenvalue weighted by Crippen LogP contribution is 2.19. The van der Waals surface area contributed by atoms with Crippen molar-refractivity contribution in [2.75, 3.05) is 0 Å². The summed E-state index contributed by atoms with van der Waals surface area (Å²) in [5.74, 6) is 0.186. The molecule has 116 valence electrons. The van der Waals surface area contributed by atoms with Crippen molar-refractivity contribution >= 4 is 18.3 Å². The Hall–Kier alpha value is -1.06. The molecular weight excluding hydrogens is 284 g/mol. The lowest BCUT2D eigenvalue weighted by molar-refractivity contribution is -0.124. The summed E-state index contributed by atoms with van der Waals surface area (Å²) in [6.07, 6.45) is 8.26. The Labute approximate surface area is 133 Å². The predicted molar refractivity (Wildman–Crippen MR) is 87.7 cm³/mol. The molecule has 0 radical (unpaired) electrons. The zero-order valence-corrected chi connectivity index (χ0v) is 13.3. The van der Waals surface area contributed by atoms with Gasteiger partial charge in [-0.15, -0.1) is 12.4 Å². The van der Waals surface area contributed by atoms with E-state index in [1.54, 1.807) is 0 Å². The summed E-state index contributed by atoms with van der Waals surface area (Å²) < 4.78 is 0. The van der Waals surface area contributed by atoms with Crippen LogP contribution in [0.2, 0.25) is 0 Å². The van der Waals surface area contributed by atoms with E-state index in [1.807, 2.05) is 0 Å². The molecule has 2 aliphatic rings. The Morgan fingerprint density at radius 3 is 2.43 bits per heavy atom. The summed E-state index contributed by atoms with van der Waals surface area (Å²) in [5.41, 5.74) is 2.64. The first-order chi connectivity index (χ1) is 9.83. The number of hydrogen-bond donors (Lipinski definition) is 2. The molecule has 1 aliphatic carbocycles. The molecule has 1 aromatic rings. The molecule has 4 heteroatoms. The molecule has 1 amide bonds. The van der Waals surface area contributed by atoms with E-state index in [9.17, 15) is 4.79 Å². The number of fused-ring (bicyclic) bond motifs is 1. The maximum absolute atomic E-state index is 12.4. The highest BCUT2D eigenvalue weighted by Gasteiger charge is 2.25. The molecule has 3 rings (SSSR count). The van der Waals surface area contributed by atoms with Gasteiger partial charge in [0.1, 0.15) is 0 Å². The van der Waals surface area contributed by atoms with E-state index in [-0.39, 0.29) is 24.4 Å². The van der Waals surface area contributed by atoms with Crippen molar-refractivity contribution in [3.05, 3.63) is 35.4 Å². The summed E-state index contributed by atoms with van der Waals surface area (Å²) in [4.78, 5) is 12.4. The van der Waals surface area contributed by atoms with Crippen molar-refractivity contribution in [3.63, 3.8) is 0 Å². The molecular formula is C17H25ClN2O. The van der Waals surface area contributed by atoms with E-state index in [0.29, 0.717) is 6.04 Å². The Morgan fingerprint density at radius 2 is 1.71 bits per heavy atom. The van der Waals surface area contributed by atoms with Crippen LogP contribution in [-0.4, -0.2) is 18.0 Å². The number of carbonyl (C=O) groups excluding carboxylic acids is 1. The van der Waals surface area contributed by atoms with Gasteiger partial charge in [-0.05, 0) is 30.4 Å². The number of carbonyl (C=O) groups is 1. The van der Waals surface area contributed by atoms with Crippen LogP contribution in [0.1, 0.15) is 49.7 Å². The van der Waals surface area contributed by atoms with Gasteiger partial charge in [0.2, 0.25) is 5.91 Å². The summed E-state index contributed by atoms with van der Waals surface area (Å²) in [7, 11) is 0. The Bertz CT molecular complexity index is 470. The van der Waals surface area contributed by atoms with Gasteiger partial charge in [-0.2, -0.15) is 0 Å². The van der Waals surface area contributed by atoms with E-state index in [2.05, 4.69) is 34.9 Å². The van der Waals surface area contributed by atoms with E-state index in [0.717, 1.165) is 25.8 Å². The molecule has 1 saturated carbocycles. The number of rotatable bonds is 2. The van der Waals surface area contributed by atoms with E-state index in [4.69, 9.17) is 0 Å². The number of benzene rings is 1. The van der Waals surface area contributed by atoms with Crippen LogP contribution in [0.3, 0.4) is 0 Å². The van der Waals surface area contributed by atoms with E-state index in [1.165, 1.54) is 36.8 Å². The smallest absolute Gasteiger partial charge is 0.237 e. The SMILES string of the molecule is Cl.O=C(NC1CCCCCC1)C1Cc2ccccc2CN1. The third kappa shape index (κ3) is 4.21. The lowest BCUT2D eigenvalue weighted by Gasteiger charge is -2.27. The van der Waals surface area contributed by atoms with Crippen molar-refractivity contribution in [1.82, 2.24) is 10.6 Å². The summed E-state index contributed by atoms with van der Waals surface area (Å²) in [6.45, 7) is 0.804. The third-order valence-electron chi connectivity index (χ3n) is 4.60. The molecule has 0 bridgehead atoms.